The van der Waals surface area contributed by atoms with Crippen LogP contribution in [0.2, 0.25) is 0 Å². The summed E-state index contributed by atoms with van der Waals surface area (Å²) in [6.45, 7) is 0. The Bertz CT molecular complexity index is 345. The predicted octanol–water partition coefficient (Wildman–Crippen LogP) is 3.16. The number of rotatable bonds is 2. The molecule has 0 bridgehead atoms. The van der Waals surface area contributed by atoms with Gasteiger partial charge in [0, 0.05) is 11.8 Å². The molecule has 0 radical (unpaired) electrons. The fourth-order valence-corrected chi connectivity index (χ4v) is 1.38. The SMILES string of the molecule is O=C(Cl)c1cc(C(F)F)cnc1Br. The molecule has 0 fully saturated rings. The van der Waals surface area contributed by atoms with Crippen LogP contribution >= 0.6 is 27.5 Å². The minimum Gasteiger partial charge on any atom is -0.276 e. The Labute approximate surface area is 86.0 Å². The molecule has 1 aromatic rings. The molecule has 1 heterocycles. The predicted molar refractivity (Wildman–Crippen MR) is 47.1 cm³/mol. The number of nitrogens with zero attached hydrogens (tertiary/aromatic N) is 1. The number of alkyl halides is 2. The van der Waals surface area contributed by atoms with Crippen molar-refractivity contribution in [1.29, 1.82) is 0 Å². The molecule has 0 aromatic carbocycles. The Hall–Kier alpha value is -0.550. The molecule has 0 aliphatic rings. The van der Waals surface area contributed by atoms with Crippen LogP contribution in [0.3, 0.4) is 0 Å². The fourth-order valence-electron chi connectivity index (χ4n) is 0.721. The standard InChI is InChI=1S/C7H3BrClF2NO/c8-5-4(6(9)13)1-3(2-12-5)7(10)11/h1-2,7H. The lowest BCUT2D eigenvalue weighted by Gasteiger charge is -2.01. The third-order valence-corrected chi connectivity index (χ3v) is 2.16. The first-order chi connectivity index (χ1) is 6.02. The molecule has 1 rings (SSSR count). The summed E-state index contributed by atoms with van der Waals surface area (Å²) in [5.41, 5.74) is -0.383. The summed E-state index contributed by atoms with van der Waals surface area (Å²) in [7, 11) is 0. The van der Waals surface area contributed by atoms with Gasteiger partial charge in [-0.05, 0) is 33.6 Å². The summed E-state index contributed by atoms with van der Waals surface area (Å²) in [6.07, 6.45) is -1.67. The molecule has 0 amide bonds. The van der Waals surface area contributed by atoms with Gasteiger partial charge in [-0.2, -0.15) is 0 Å². The molecule has 1 aromatic heterocycles. The van der Waals surface area contributed by atoms with Gasteiger partial charge in [-0.25, -0.2) is 13.8 Å². The van der Waals surface area contributed by atoms with E-state index in [0.717, 1.165) is 12.3 Å². The van der Waals surface area contributed by atoms with E-state index in [1.54, 1.807) is 0 Å². The summed E-state index contributed by atoms with van der Waals surface area (Å²) in [5, 5.41) is -0.818. The highest BCUT2D eigenvalue weighted by Gasteiger charge is 2.14. The van der Waals surface area contributed by atoms with E-state index in [0.29, 0.717) is 0 Å². The lowest BCUT2D eigenvalue weighted by molar-refractivity contribution is 0.107. The number of halogens is 4. The first-order valence-corrected chi connectivity index (χ1v) is 4.33. The number of carbonyl (C=O) groups excluding carboxylic acids is 1. The third kappa shape index (κ3) is 2.45. The van der Waals surface area contributed by atoms with Crippen LogP contribution in [0.25, 0.3) is 0 Å². The van der Waals surface area contributed by atoms with Crippen LogP contribution in [0.5, 0.6) is 0 Å². The van der Waals surface area contributed by atoms with Crippen LogP contribution in [0.1, 0.15) is 22.3 Å². The Balaban J connectivity index is 3.19. The normalized spacial score (nSPS) is 10.5. The van der Waals surface area contributed by atoms with Crippen molar-refractivity contribution in [3.8, 4) is 0 Å². The average Bonchev–Trinajstić information content (AvgIpc) is 2.04. The van der Waals surface area contributed by atoms with Crippen molar-refractivity contribution >= 4 is 32.8 Å². The topological polar surface area (TPSA) is 30.0 Å². The highest BCUT2D eigenvalue weighted by atomic mass is 79.9. The zero-order valence-electron chi connectivity index (χ0n) is 6.10. The molecule has 0 saturated heterocycles. The third-order valence-electron chi connectivity index (χ3n) is 1.32. The quantitative estimate of drug-likeness (QED) is 0.610. The van der Waals surface area contributed by atoms with E-state index in [1.807, 2.05) is 0 Å². The molecule has 0 aliphatic carbocycles. The van der Waals surface area contributed by atoms with Crippen molar-refractivity contribution < 1.29 is 13.6 Å². The Morgan fingerprint density at radius 3 is 2.69 bits per heavy atom. The van der Waals surface area contributed by atoms with E-state index in [1.165, 1.54) is 0 Å². The molecular weight excluding hydrogens is 267 g/mol. The molecule has 0 spiro atoms. The maximum atomic E-state index is 12.1. The van der Waals surface area contributed by atoms with Gasteiger partial charge < -0.3 is 0 Å². The van der Waals surface area contributed by atoms with E-state index >= 15 is 0 Å². The van der Waals surface area contributed by atoms with Gasteiger partial charge in [-0.1, -0.05) is 0 Å². The van der Waals surface area contributed by atoms with Gasteiger partial charge in [0.05, 0.1) is 5.56 Å². The summed E-state index contributed by atoms with van der Waals surface area (Å²) in [5.74, 6) is 0. The van der Waals surface area contributed by atoms with Crippen LogP contribution in [-0.4, -0.2) is 10.2 Å². The fraction of sp³-hybridized carbons (Fsp3) is 0.143. The maximum Gasteiger partial charge on any atom is 0.265 e. The van der Waals surface area contributed by atoms with Crippen molar-refractivity contribution in [2.45, 2.75) is 6.43 Å². The monoisotopic (exact) mass is 269 g/mol. The second-order valence-electron chi connectivity index (χ2n) is 2.18. The summed E-state index contributed by atoms with van der Waals surface area (Å²) >= 11 is 8.05. The number of carbonyl (C=O) groups is 1. The molecule has 0 N–H and O–H groups in total. The van der Waals surface area contributed by atoms with Crippen LogP contribution in [0, 0.1) is 0 Å². The van der Waals surface area contributed by atoms with Crippen molar-refractivity contribution in [1.82, 2.24) is 4.98 Å². The van der Waals surface area contributed by atoms with Gasteiger partial charge in [0.15, 0.2) is 0 Å². The molecule has 0 aliphatic heterocycles. The molecule has 0 saturated carbocycles. The van der Waals surface area contributed by atoms with Crippen molar-refractivity contribution in [2.75, 3.05) is 0 Å². The Morgan fingerprint density at radius 1 is 1.62 bits per heavy atom. The largest absolute Gasteiger partial charge is 0.276 e. The van der Waals surface area contributed by atoms with E-state index in [9.17, 15) is 13.6 Å². The maximum absolute atomic E-state index is 12.1. The highest BCUT2D eigenvalue weighted by Crippen LogP contribution is 2.23. The van der Waals surface area contributed by atoms with Gasteiger partial charge in [-0.15, -0.1) is 0 Å². The summed E-state index contributed by atoms with van der Waals surface area (Å²) < 4.78 is 24.4. The average molecular weight is 270 g/mol. The molecule has 0 atom stereocenters. The second kappa shape index (κ2) is 4.11. The molecule has 0 unspecified atom stereocenters. The summed E-state index contributed by atoms with van der Waals surface area (Å²) in [6, 6.07) is 1.01. The molecule has 70 valence electrons. The number of aromatic nitrogens is 1. The number of hydrogen-bond acceptors (Lipinski definition) is 2. The van der Waals surface area contributed by atoms with Crippen molar-refractivity contribution in [3.05, 3.63) is 28.0 Å². The van der Waals surface area contributed by atoms with Crippen LogP contribution in [0.15, 0.2) is 16.9 Å². The number of pyridine rings is 1. The molecule has 6 heteroatoms. The molecule has 2 nitrogen and oxygen atoms in total. The van der Waals surface area contributed by atoms with Gasteiger partial charge in [0.25, 0.3) is 11.7 Å². The van der Waals surface area contributed by atoms with E-state index < -0.39 is 11.7 Å². The number of hydrogen-bond donors (Lipinski definition) is 0. The zero-order chi connectivity index (χ0) is 10.0. The summed E-state index contributed by atoms with van der Waals surface area (Å²) in [4.78, 5) is 14.2. The smallest absolute Gasteiger partial charge is 0.265 e. The lowest BCUT2D eigenvalue weighted by atomic mass is 10.2. The second-order valence-corrected chi connectivity index (χ2v) is 3.28. The van der Waals surface area contributed by atoms with Crippen molar-refractivity contribution in [2.24, 2.45) is 0 Å². The Kier molecular flexibility index (Phi) is 3.33. The molecule has 13 heavy (non-hydrogen) atoms. The van der Waals surface area contributed by atoms with Crippen molar-refractivity contribution in [3.63, 3.8) is 0 Å². The minimum absolute atomic E-state index is 0.0560. The van der Waals surface area contributed by atoms with Gasteiger partial charge in [0.2, 0.25) is 0 Å². The van der Waals surface area contributed by atoms with Crippen LogP contribution < -0.4 is 0 Å². The zero-order valence-corrected chi connectivity index (χ0v) is 8.44. The van der Waals surface area contributed by atoms with Crippen LogP contribution in [-0.2, 0) is 0 Å². The first kappa shape index (κ1) is 10.5. The van der Waals surface area contributed by atoms with Gasteiger partial charge in [-0.3, -0.25) is 4.79 Å². The van der Waals surface area contributed by atoms with E-state index in [4.69, 9.17) is 11.6 Å². The van der Waals surface area contributed by atoms with Gasteiger partial charge >= 0.3 is 0 Å². The van der Waals surface area contributed by atoms with Crippen LogP contribution in [0.4, 0.5) is 8.78 Å². The Morgan fingerprint density at radius 2 is 2.23 bits per heavy atom. The highest BCUT2D eigenvalue weighted by molar-refractivity contribution is 9.10. The minimum atomic E-state index is -2.66. The lowest BCUT2D eigenvalue weighted by Crippen LogP contribution is -1.96. The van der Waals surface area contributed by atoms with E-state index in [-0.39, 0.29) is 15.7 Å². The van der Waals surface area contributed by atoms with Gasteiger partial charge in [0.1, 0.15) is 4.60 Å². The van der Waals surface area contributed by atoms with E-state index in [2.05, 4.69) is 20.9 Å². The molecular formula is C7H3BrClF2NO. The first-order valence-electron chi connectivity index (χ1n) is 3.16.